The van der Waals surface area contributed by atoms with Gasteiger partial charge in [0.05, 0.1) is 16.4 Å². The number of hydrogen-bond acceptors (Lipinski definition) is 6. The summed E-state index contributed by atoms with van der Waals surface area (Å²) in [7, 11) is 0. The van der Waals surface area contributed by atoms with E-state index in [1.54, 1.807) is 6.07 Å². The molecule has 1 aliphatic rings. The van der Waals surface area contributed by atoms with Crippen molar-refractivity contribution in [2.45, 2.75) is 19.3 Å². The van der Waals surface area contributed by atoms with Gasteiger partial charge in [-0.1, -0.05) is 41.7 Å². The second-order valence-corrected chi connectivity index (χ2v) is 6.88. The number of carboxylic acids is 1. The van der Waals surface area contributed by atoms with Crippen LogP contribution in [0.4, 0.5) is 5.13 Å². The van der Waals surface area contributed by atoms with Gasteiger partial charge >= 0.3 is 0 Å². The summed E-state index contributed by atoms with van der Waals surface area (Å²) in [6.07, 6.45) is 3.53. The third-order valence-electron chi connectivity index (χ3n) is 4.27. The van der Waals surface area contributed by atoms with Crippen molar-refractivity contribution in [3.8, 4) is 11.3 Å². The van der Waals surface area contributed by atoms with Crippen LogP contribution in [0.5, 0.6) is 0 Å². The van der Waals surface area contributed by atoms with Crippen LogP contribution in [0.3, 0.4) is 0 Å². The fourth-order valence-corrected chi connectivity index (χ4v) is 4.09. The Morgan fingerprint density at radius 2 is 1.83 bits per heavy atom. The lowest BCUT2D eigenvalue weighted by Crippen LogP contribution is -2.29. The molecule has 4 rings (SSSR count). The lowest BCUT2D eigenvalue weighted by molar-refractivity contribution is -0.254. The molecule has 1 fully saturated rings. The largest absolute Gasteiger partial charge is 0.545 e. The lowest BCUT2D eigenvalue weighted by atomic mass is 10.1. The number of carbonyl (C=O) groups excluding carboxylic acids is 1. The number of fused-ring (bicyclic) bond motifs is 1. The molecule has 6 heteroatoms. The molecule has 0 bridgehead atoms. The molecular weight excluding hydrogens is 322 g/mol. The second kappa shape index (κ2) is 6.20. The van der Waals surface area contributed by atoms with E-state index in [2.05, 4.69) is 14.9 Å². The van der Waals surface area contributed by atoms with E-state index in [-0.39, 0.29) is 5.56 Å². The minimum atomic E-state index is -1.19. The number of aromatic carboxylic acids is 1. The van der Waals surface area contributed by atoms with Crippen molar-refractivity contribution >= 4 is 32.8 Å². The Morgan fingerprint density at radius 3 is 2.54 bits per heavy atom. The van der Waals surface area contributed by atoms with E-state index in [1.807, 2.05) is 30.3 Å². The van der Waals surface area contributed by atoms with Gasteiger partial charge in [0.1, 0.15) is 0 Å². The Bertz CT molecular complexity index is 886. The molecule has 1 saturated heterocycles. The number of carbonyl (C=O) groups is 1. The average molecular weight is 338 g/mol. The number of carboxylic acid groups (broad SMARTS) is 1. The normalized spacial score (nSPS) is 14.9. The second-order valence-electron chi connectivity index (χ2n) is 5.91. The van der Waals surface area contributed by atoms with Crippen LogP contribution in [0, 0.1) is 0 Å². The van der Waals surface area contributed by atoms with Crippen molar-refractivity contribution in [3.63, 3.8) is 0 Å². The Hall–Kier alpha value is -2.47. The molecule has 3 aromatic rings. The van der Waals surface area contributed by atoms with Gasteiger partial charge in [0.2, 0.25) is 0 Å². The molecule has 0 spiro atoms. The summed E-state index contributed by atoms with van der Waals surface area (Å²) >= 11 is 1.39. The maximum absolute atomic E-state index is 11.6. The van der Waals surface area contributed by atoms with Crippen LogP contribution in [0.1, 0.15) is 29.6 Å². The average Bonchev–Trinajstić information content (AvgIpc) is 3.06. The van der Waals surface area contributed by atoms with E-state index in [0.717, 1.165) is 36.6 Å². The van der Waals surface area contributed by atoms with Crippen molar-refractivity contribution in [1.82, 2.24) is 9.97 Å². The van der Waals surface area contributed by atoms with Gasteiger partial charge in [0.25, 0.3) is 0 Å². The Kier molecular flexibility index (Phi) is 3.90. The zero-order chi connectivity index (χ0) is 16.5. The highest BCUT2D eigenvalue weighted by molar-refractivity contribution is 7.22. The van der Waals surface area contributed by atoms with E-state index in [1.165, 1.54) is 17.8 Å². The first kappa shape index (κ1) is 15.1. The first-order chi connectivity index (χ1) is 11.7. The monoisotopic (exact) mass is 338 g/mol. The predicted octanol–water partition coefficient (Wildman–Crippen LogP) is 2.71. The lowest BCUT2D eigenvalue weighted by Gasteiger charge is -2.25. The number of pyridine rings is 1. The number of piperidine rings is 1. The van der Waals surface area contributed by atoms with Crippen LogP contribution in [0.25, 0.3) is 21.6 Å². The van der Waals surface area contributed by atoms with E-state index >= 15 is 0 Å². The Balaban J connectivity index is 1.85. The molecule has 0 radical (unpaired) electrons. The first-order valence-corrected chi connectivity index (χ1v) is 8.87. The zero-order valence-electron chi connectivity index (χ0n) is 13.1. The van der Waals surface area contributed by atoms with E-state index < -0.39 is 5.97 Å². The fourth-order valence-electron chi connectivity index (χ4n) is 3.03. The van der Waals surface area contributed by atoms with Crippen LogP contribution >= 0.6 is 11.3 Å². The van der Waals surface area contributed by atoms with Crippen molar-refractivity contribution in [2.24, 2.45) is 0 Å². The molecule has 0 atom stereocenters. The topological polar surface area (TPSA) is 69.1 Å². The Labute approximate surface area is 143 Å². The molecule has 0 saturated carbocycles. The van der Waals surface area contributed by atoms with Crippen LogP contribution < -0.4 is 10.0 Å². The van der Waals surface area contributed by atoms with Gasteiger partial charge in [0.15, 0.2) is 10.8 Å². The molecule has 122 valence electrons. The van der Waals surface area contributed by atoms with Crippen molar-refractivity contribution in [1.29, 1.82) is 0 Å². The minimum Gasteiger partial charge on any atom is -0.545 e. The van der Waals surface area contributed by atoms with Crippen LogP contribution in [-0.2, 0) is 0 Å². The molecule has 2 aromatic heterocycles. The summed E-state index contributed by atoms with van der Waals surface area (Å²) in [6.45, 7) is 1.93. The van der Waals surface area contributed by atoms with Crippen molar-refractivity contribution < 1.29 is 9.90 Å². The molecule has 24 heavy (non-hydrogen) atoms. The zero-order valence-corrected chi connectivity index (χ0v) is 13.9. The number of nitrogens with zero attached hydrogens (tertiary/aromatic N) is 3. The number of thiazole rings is 1. The summed E-state index contributed by atoms with van der Waals surface area (Å²) in [5.74, 6) is -1.19. The molecule has 1 aromatic carbocycles. The summed E-state index contributed by atoms with van der Waals surface area (Å²) in [4.78, 5) is 23.0. The van der Waals surface area contributed by atoms with Crippen molar-refractivity contribution in [2.75, 3.05) is 18.0 Å². The van der Waals surface area contributed by atoms with Crippen molar-refractivity contribution in [3.05, 3.63) is 42.0 Å². The smallest absolute Gasteiger partial charge is 0.188 e. The molecule has 5 nitrogen and oxygen atoms in total. The highest BCUT2D eigenvalue weighted by Gasteiger charge is 2.18. The van der Waals surface area contributed by atoms with E-state index in [0.29, 0.717) is 16.0 Å². The van der Waals surface area contributed by atoms with E-state index in [4.69, 9.17) is 0 Å². The van der Waals surface area contributed by atoms with Crippen LogP contribution in [0.2, 0.25) is 0 Å². The molecule has 0 unspecified atom stereocenters. The maximum atomic E-state index is 11.6. The van der Waals surface area contributed by atoms with Crippen LogP contribution in [-0.4, -0.2) is 29.0 Å². The SMILES string of the molecule is O=C([O-])c1cc(-c2ccccc2)nc2nc(N3CCCCC3)sc12. The molecule has 3 heterocycles. The summed E-state index contributed by atoms with van der Waals surface area (Å²) in [5.41, 5.74) is 2.13. The fraction of sp³-hybridized carbons (Fsp3) is 0.278. The van der Waals surface area contributed by atoms with Gasteiger partial charge in [-0.2, -0.15) is 4.98 Å². The molecule has 1 aliphatic heterocycles. The third kappa shape index (κ3) is 2.73. The van der Waals surface area contributed by atoms with Crippen LogP contribution in [0.15, 0.2) is 36.4 Å². The standard InChI is InChI=1S/C18H17N3O2S/c22-17(23)13-11-14(12-7-3-1-4-8-12)19-16-15(13)24-18(20-16)21-9-5-2-6-10-21/h1,3-4,7-8,11H,2,5-6,9-10H2,(H,22,23)/p-1. The number of aromatic nitrogens is 2. The predicted molar refractivity (Wildman–Crippen MR) is 93.2 cm³/mol. The summed E-state index contributed by atoms with van der Waals surface area (Å²) in [5, 5.41) is 12.5. The summed E-state index contributed by atoms with van der Waals surface area (Å²) < 4.78 is 0.593. The number of hydrogen-bond donors (Lipinski definition) is 0. The quantitative estimate of drug-likeness (QED) is 0.734. The van der Waals surface area contributed by atoms with Gasteiger partial charge in [-0.15, -0.1) is 0 Å². The molecular formula is C18H16N3O2S-. The molecule has 0 aliphatic carbocycles. The van der Waals surface area contributed by atoms with Gasteiger partial charge < -0.3 is 14.8 Å². The first-order valence-electron chi connectivity index (χ1n) is 8.06. The number of rotatable bonds is 3. The highest BCUT2D eigenvalue weighted by Crippen LogP contribution is 2.33. The number of benzene rings is 1. The van der Waals surface area contributed by atoms with Gasteiger partial charge in [-0.25, -0.2) is 4.98 Å². The Morgan fingerprint density at radius 1 is 1.08 bits per heavy atom. The summed E-state index contributed by atoms with van der Waals surface area (Å²) in [6, 6.07) is 11.1. The minimum absolute atomic E-state index is 0.166. The maximum Gasteiger partial charge on any atom is 0.188 e. The van der Waals surface area contributed by atoms with Gasteiger partial charge in [-0.05, 0) is 25.3 Å². The van der Waals surface area contributed by atoms with E-state index in [9.17, 15) is 9.90 Å². The highest BCUT2D eigenvalue weighted by atomic mass is 32.1. The number of anilines is 1. The van der Waals surface area contributed by atoms with Gasteiger partial charge in [0, 0.05) is 24.2 Å². The molecule has 0 amide bonds. The third-order valence-corrected chi connectivity index (χ3v) is 5.40. The van der Waals surface area contributed by atoms with Gasteiger partial charge in [-0.3, -0.25) is 0 Å². The molecule has 0 N–H and O–H groups in total.